The van der Waals surface area contributed by atoms with E-state index < -0.39 is 0 Å². The molecule has 0 saturated carbocycles. The smallest absolute Gasteiger partial charge is 0.258 e. The first-order chi connectivity index (χ1) is 14.6. The van der Waals surface area contributed by atoms with Crippen molar-refractivity contribution in [1.82, 2.24) is 10.3 Å². The number of nitrogens with one attached hydrogen (secondary N) is 1. The Morgan fingerprint density at radius 3 is 2.80 bits per heavy atom. The van der Waals surface area contributed by atoms with Gasteiger partial charge in [0, 0.05) is 24.1 Å². The molecule has 2 aromatic carbocycles. The Hall–Kier alpha value is -2.96. The number of aliphatic hydroxyl groups is 1. The van der Waals surface area contributed by atoms with Crippen LogP contribution in [0.1, 0.15) is 24.0 Å². The van der Waals surface area contributed by atoms with Crippen molar-refractivity contribution >= 4 is 16.8 Å². The van der Waals surface area contributed by atoms with Gasteiger partial charge in [0.25, 0.3) is 5.91 Å². The van der Waals surface area contributed by atoms with Crippen molar-refractivity contribution in [2.45, 2.75) is 32.5 Å². The third-order valence-corrected chi connectivity index (χ3v) is 5.33. The second-order valence-corrected chi connectivity index (χ2v) is 7.59. The number of rotatable bonds is 7. The van der Waals surface area contributed by atoms with E-state index in [1.54, 1.807) is 0 Å². The molecule has 156 valence electrons. The van der Waals surface area contributed by atoms with Gasteiger partial charge in [-0.1, -0.05) is 12.1 Å². The topological polar surface area (TPSA) is 80.7 Å². The van der Waals surface area contributed by atoms with Crippen LogP contribution in [0.25, 0.3) is 22.2 Å². The average Bonchev–Trinajstić information content (AvgIpc) is 3.30. The lowest BCUT2D eigenvalue weighted by Crippen LogP contribution is -2.35. The van der Waals surface area contributed by atoms with Crippen LogP contribution in [0, 0.1) is 6.92 Å². The van der Waals surface area contributed by atoms with Crippen LogP contribution in [-0.4, -0.2) is 41.9 Å². The number of carbonyl (C=O) groups excluding carboxylic acids is 1. The zero-order chi connectivity index (χ0) is 20.9. The lowest BCUT2D eigenvalue weighted by atomic mass is 10.0. The number of aromatic nitrogens is 1. The second kappa shape index (κ2) is 9.24. The minimum Gasteiger partial charge on any atom is -0.484 e. The summed E-state index contributed by atoms with van der Waals surface area (Å²) in [6.07, 6.45) is 2.17. The predicted molar refractivity (Wildman–Crippen MR) is 115 cm³/mol. The van der Waals surface area contributed by atoms with Gasteiger partial charge in [0.2, 0.25) is 0 Å². The quantitative estimate of drug-likeness (QED) is 0.629. The van der Waals surface area contributed by atoms with Gasteiger partial charge in [-0.2, -0.15) is 0 Å². The van der Waals surface area contributed by atoms with Crippen LogP contribution in [0.4, 0.5) is 0 Å². The highest BCUT2D eigenvalue weighted by atomic mass is 16.5. The molecule has 0 radical (unpaired) electrons. The fraction of sp³-hybridized carbons (Fsp3) is 0.333. The SMILES string of the molecule is Cc1cc(-c2ccc(OCC(=O)NCC3CCCO3)cc2)nc2cc(CO)ccc12. The summed E-state index contributed by atoms with van der Waals surface area (Å²) in [6, 6.07) is 15.4. The monoisotopic (exact) mass is 406 g/mol. The fourth-order valence-electron chi connectivity index (χ4n) is 3.65. The van der Waals surface area contributed by atoms with Gasteiger partial charge in [-0.15, -0.1) is 0 Å². The predicted octanol–water partition coefficient (Wildman–Crippen LogP) is 3.38. The summed E-state index contributed by atoms with van der Waals surface area (Å²) in [5, 5.41) is 13.3. The van der Waals surface area contributed by atoms with Gasteiger partial charge in [-0.05, 0) is 67.3 Å². The lowest BCUT2D eigenvalue weighted by Gasteiger charge is -2.12. The summed E-state index contributed by atoms with van der Waals surface area (Å²) in [5.74, 6) is 0.479. The standard InChI is InChI=1S/C24H26N2O4/c1-16-11-22(26-23-12-17(14-27)4-9-21(16)23)18-5-7-19(8-6-18)30-15-24(28)25-13-20-3-2-10-29-20/h4-9,11-12,20,27H,2-3,10,13-15H2,1H3,(H,25,28). The maximum absolute atomic E-state index is 12.0. The highest BCUT2D eigenvalue weighted by Crippen LogP contribution is 2.26. The summed E-state index contributed by atoms with van der Waals surface area (Å²) in [7, 11) is 0. The summed E-state index contributed by atoms with van der Waals surface area (Å²) < 4.78 is 11.1. The number of carbonyl (C=O) groups is 1. The third-order valence-electron chi connectivity index (χ3n) is 5.33. The largest absolute Gasteiger partial charge is 0.484 e. The van der Waals surface area contributed by atoms with Gasteiger partial charge < -0.3 is 19.9 Å². The van der Waals surface area contributed by atoms with E-state index in [-0.39, 0.29) is 25.2 Å². The molecule has 30 heavy (non-hydrogen) atoms. The third kappa shape index (κ3) is 4.78. The average molecular weight is 406 g/mol. The summed E-state index contributed by atoms with van der Waals surface area (Å²) in [6.45, 7) is 3.33. The maximum Gasteiger partial charge on any atom is 0.258 e. The molecule has 3 aromatic rings. The first kappa shape index (κ1) is 20.3. The molecule has 2 heterocycles. The number of hydrogen-bond donors (Lipinski definition) is 2. The van der Waals surface area contributed by atoms with E-state index in [1.165, 1.54) is 0 Å². The molecule has 0 spiro atoms. The van der Waals surface area contributed by atoms with Crippen molar-refractivity contribution < 1.29 is 19.4 Å². The molecule has 2 N–H and O–H groups in total. The van der Waals surface area contributed by atoms with Gasteiger partial charge in [0.15, 0.2) is 6.61 Å². The van der Waals surface area contributed by atoms with Crippen molar-refractivity contribution in [3.8, 4) is 17.0 Å². The molecule has 1 saturated heterocycles. The van der Waals surface area contributed by atoms with E-state index in [9.17, 15) is 9.90 Å². The molecule has 1 unspecified atom stereocenters. The van der Waals surface area contributed by atoms with Crippen LogP contribution in [0.3, 0.4) is 0 Å². The minimum absolute atomic E-state index is 0.00576. The van der Waals surface area contributed by atoms with Crippen molar-refractivity contribution in [2.24, 2.45) is 0 Å². The van der Waals surface area contributed by atoms with Crippen LogP contribution >= 0.6 is 0 Å². The highest BCUT2D eigenvalue weighted by Gasteiger charge is 2.16. The van der Waals surface area contributed by atoms with E-state index in [4.69, 9.17) is 14.5 Å². The Morgan fingerprint density at radius 1 is 1.23 bits per heavy atom. The van der Waals surface area contributed by atoms with E-state index >= 15 is 0 Å². The maximum atomic E-state index is 12.0. The summed E-state index contributed by atoms with van der Waals surface area (Å²) >= 11 is 0. The number of aliphatic hydroxyl groups excluding tert-OH is 1. The van der Waals surface area contributed by atoms with E-state index in [2.05, 4.69) is 18.3 Å². The van der Waals surface area contributed by atoms with Crippen molar-refractivity contribution in [3.05, 3.63) is 59.7 Å². The van der Waals surface area contributed by atoms with Crippen LogP contribution in [0.15, 0.2) is 48.5 Å². The fourth-order valence-corrected chi connectivity index (χ4v) is 3.65. The minimum atomic E-state index is -0.152. The molecular formula is C24H26N2O4. The van der Waals surface area contributed by atoms with Gasteiger partial charge in [-0.25, -0.2) is 4.98 Å². The van der Waals surface area contributed by atoms with Crippen molar-refractivity contribution in [3.63, 3.8) is 0 Å². The van der Waals surface area contributed by atoms with Gasteiger partial charge >= 0.3 is 0 Å². The Kier molecular flexibility index (Phi) is 6.26. The molecule has 6 heteroatoms. The molecule has 6 nitrogen and oxygen atoms in total. The van der Waals surface area contributed by atoms with Crippen LogP contribution in [0.5, 0.6) is 5.75 Å². The number of amides is 1. The molecule has 0 bridgehead atoms. The van der Waals surface area contributed by atoms with Gasteiger partial charge in [-0.3, -0.25) is 4.79 Å². The first-order valence-corrected chi connectivity index (χ1v) is 10.2. The molecular weight excluding hydrogens is 380 g/mol. The number of fused-ring (bicyclic) bond motifs is 1. The number of pyridine rings is 1. The number of benzene rings is 2. The number of aryl methyl sites for hydroxylation is 1. The Bertz CT molecular complexity index is 1030. The van der Waals surface area contributed by atoms with E-state index in [0.29, 0.717) is 12.3 Å². The van der Waals surface area contributed by atoms with E-state index in [0.717, 1.165) is 52.7 Å². The Morgan fingerprint density at radius 2 is 2.07 bits per heavy atom. The molecule has 1 aliphatic heterocycles. The van der Waals surface area contributed by atoms with Crippen molar-refractivity contribution in [1.29, 1.82) is 0 Å². The first-order valence-electron chi connectivity index (χ1n) is 10.2. The summed E-state index contributed by atoms with van der Waals surface area (Å²) in [4.78, 5) is 16.7. The molecule has 1 aliphatic rings. The molecule has 1 fully saturated rings. The Labute approximate surface area is 175 Å². The van der Waals surface area contributed by atoms with Crippen molar-refractivity contribution in [2.75, 3.05) is 19.8 Å². The molecule has 1 amide bonds. The molecule has 0 aliphatic carbocycles. The molecule has 1 aromatic heterocycles. The molecule has 4 rings (SSSR count). The van der Waals surface area contributed by atoms with Gasteiger partial charge in [0.1, 0.15) is 5.75 Å². The van der Waals surface area contributed by atoms with Crippen LogP contribution in [-0.2, 0) is 16.1 Å². The summed E-state index contributed by atoms with van der Waals surface area (Å²) in [5.41, 5.74) is 4.65. The van der Waals surface area contributed by atoms with E-state index in [1.807, 2.05) is 42.5 Å². The number of ether oxygens (including phenoxy) is 2. The highest BCUT2D eigenvalue weighted by molar-refractivity contribution is 5.85. The number of hydrogen-bond acceptors (Lipinski definition) is 5. The zero-order valence-electron chi connectivity index (χ0n) is 17.1. The normalized spacial score (nSPS) is 16.0. The Balaban J connectivity index is 1.39. The molecule has 1 atom stereocenters. The number of nitrogens with zero attached hydrogens (tertiary/aromatic N) is 1. The second-order valence-electron chi connectivity index (χ2n) is 7.59. The van der Waals surface area contributed by atoms with Gasteiger partial charge in [0.05, 0.1) is 23.9 Å². The van der Waals surface area contributed by atoms with Crippen LogP contribution < -0.4 is 10.1 Å². The zero-order valence-corrected chi connectivity index (χ0v) is 17.1. The lowest BCUT2D eigenvalue weighted by molar-refractivity contribution is -0.123. The van der Waals surface area contributed by atoms with Crippen LogP contribution in [0.2, 0.25) is 0 Å².